The predicted octanol–water partition coefficient (Wildman–Crippen LogP) is 2.35. The third kappa shape index (κ3) is 3.11. The lowest BCUT2D eigenvalue weighted by atomic mass is 9.95. The number of methoxy groups -OCH3 is 1. The fraction of sp³-hybridized carbons (Fsp3) is 0.600. The van der Waals surface area contributed by atoms with Crippen molar-refractivity contribution < 1.29 is 14.3 Å². The third-order valence-electron chi connectivity index (χ3n) is 3.98. The average molecular weight is 310 g/mol. The number of amides is 1. The molecule has 1 amide bonds. The van der Waals surface area contributed by atoms with Crippen LogP contribution >= 0.6 is 11.3 Å². The molecular formula is C15H22N2O3S. The quantitative estimate of drug-likeness (QED) is 0.838. The van der Waals surface area contributed by atoms with E-state index in [0.717, 1.165) is 31.2 Å². The van der Waals surface area contributed by atoms with Crippen LogP contribution in [0.2, 0.25) is 0 Å². The van der Waals surface area contributed by atoms with Gasteiger partial charge in [-0.1, -0.05) is 0 Å². The van der Waals surface area contributed by atoms with E-state index in [4.69, 9.17) is 4.74 Å². The second-order valence-electron chi connectivity index (χ2n) is 5.74. The van der Waals surface area contributed by atoms with E-state index in [1.54, 1.807) is 20.9 Å². The normalized spacial score (nSPS) is 14.5. The number of thiophene rings is 1. The number of carbonyl (C=O) groups is 2. The van der Waals surface area contributed by atoms with Gasteiger partial charge in [-0.15, -0.1) is 11.3 Å². The number of ether oxygens (including phenoxy) is 1. The SMILES string of the molecule is CNC(C)(C)C(=O)Nc1sc2c(c1C(=O)OC)CCCC2. The molecule has 0 saturated carbocycles. The molecule has 0 aliphatic heterocycles. The van der Waals surface area contributed by atoms with Crippen LogP contribution in [0.4, 0.5) is 5.00 Å². The molecule has 0 atom stereocenters. The highest BCUT2D eigenvalue weighted by atomic mass is 32.1. The summed E-state index contributed by atoms with van der Waals surface area (Å²) in [6.07, 6.45) is 4.05. The van der Waals surface area contributed by atoms with Crippen LogP contribution in [0.5, 0.6) is 0 Å². The number of likely N-dealkylation sites (N-methyl/N-ethyl adjacent to an activating group) is 1. The molecule has 2 N–H and O–H groups in total. The molecule has 0 unspecified atom stereocenters. The van der Waals surface area contributed by atoms with Crippen LogP contribution in [-0.2, 0) is 22.4 Å². The van der Waals surface area contributed by atoms with Gasteiger partial charge in [0, 0.05) is 4.88 Å². The number of aryl methyl sites for hydroxylation is 1. The van der Waals surface area contributed by atoms with Crippen molar-refractivity contribution in [1.82, 2.24) is 5.32 Å². The van der Waals surface area contributed by atoms with Crippen molar-refractivity contribution in [3.8, 4) is 0 Å². The molecule has 0 saturated heterocycles. The molecule has 5 nitrogen and oxygen atoms in total. The lowest BCUT2D eigenvalue weighted by molar-refractivity contribution is -0.121. The largest absolute Gasteiger partial charge is 0.465 e. The van der Waals surface area contributed by atoms with Gasteiger partial charge in [0.1, 0.15) is 5.00 Å². The number of carbonyl (C=O) groups excluding carboxylic acids is 2. The monoisotopic (exact) mass is 310 g/mol. The molecule has 1 aromatic rings. The van der Waals surface area contributed by atoms with Crippen molar-refractivity contribution in [2.24, 2.45) is 0 Å². The Balaban J connectivity index is 2.37. The Hall–Kier alpha value is -1.40. The van der Waals surface area contributed by atoms with Crippen molar-refractivity contribution in [3.63, 3.8) is 0 Å². The summed E-state index contributed by atoms with van der Waals surface area (Å²) in [5, 5.41) is 6.47. The molecule has 0 bridgehead atoms. The summed E-state index contributed by atoms with van der Waals surface area (Å²) in [5.74, 6) is -0.527. The van der Waals surface area contributed by atoms with E-state index in [2.05, 4.69) is 10.6 Å². The number of rotatable bonds is 4. The summed E-state index contributed by atoms with van der Waals surface area (Å²) in [7, 11) is 3.11. The zero-order chi connectivity index (χ0) is 15.6. The first-order chi connectivity index (χ1) is 9.90. The van der Waals surface area contributed by atoms with Crippen molar-refractivity contribution >= 4 is 28.2 Å². The molecular weight excluding hydrogens is 288 g/mol. The van der Waals surface area contributed by atoms with Gasteiger partial charge in [0.25, 0.3) is 0 Å². The Bertz CT molecular complexity index is 564. The number of fused-ring (bicyclic) bond motifs is 1. The van der Waals surface area contributed by atoms with E-state index < -0.39 is 5.54 Å². The van der Waals surface area contributed by atoms with E-state index in [1.807, 2.05) is 0 Å². The minimum absolute atomic E-state index is 0.159. The molecule has 1 aliphatic rings. The standard InChI is InChI=1S/C15H22N2O3S/c1-15(2,16-3)14(19)17-12-11(13(18)20-4)9-7-5-6-8-10(9)21-12/h16H,5-8H2,1-4H3,(H,17,19). The third-order valence-corrected chi connectivity index (χ3v) is 5.19. The van der Waals surface area contributed by atoms with Crippen molar-refractivity contribution in [1.29, 1.82) is 0 Å². The van der Waals surface area contributed by atoms with Gasteiger partial charge in [-0.2, -0.15) is 0 Å². The first-order valence-corrected chi connectivity index (χ1v) is 7.95. The van der Waals surface area contributed by atoms with Crippen molar-refractivity contribution in [3.05, 3.63) is 16.0 Å². The summed E-state index contributed by atoms with van der Waals surface area (Å²) < 4.78 is 4.90. The van der Waals surface area contributed by atoms with Gasteiger partial charge in [0.15, 0.2) is 0 Å². The molecule has 0 spiro atoms. The van der Waals surface area contributed by atoms with Gasteiger partial charge >= 0.3 is 5.97 Å². The number of anilines is 1. The minimum atomic E-state index is -0.697. The lowest BCUT2D eigenvalue weighted by Gasteiger charge is -2.22. The fourth-order valence-corrected chi connectivity index (χ4v) is 3.62. The maximum absolute atomic E-state index is 12.3. The Morgan fingerprint density at radius 3 is 2.52 bits per heavy atom. The number of esters is 1. The minimum Gasteiger partial charge on any atom is -0.465 e. The topological polar surface area (TPSA) is 67.4 Å². The van der Waals surface area contributed by atoms with Gasteiger partial charge < -0.3 is 15.4 Å². The number of nitrogens with one attached hydrogen (secondary N) is 2. The Kier molecular flexibility index (Phi) is 4.68. The predicted molar refractivity (Wildman–Crippen MR) is 84.1 cm³/mol. The van der Waals surface area contributed by atoms with Crippen LogP contribution in [0.1, 0.15) is 47.5 Å². The first kappa shape index (κ1) is 16.0. The summed E-state index contributed by atoms with van der Waals surface area (Å²) in [5.41, 5.74) is 0.894. The van der Waals surface area contributed by atoms with Gasteiger partial charge in [-0.3, -0.25) is 4.79 Å². The summed E-state index contributed by atoms with van der Waals surface area (Å²) in [6.45, 7) is 3.60. The zero-order valence-corrected chi connectivity index (χ0v) is 13.8. The molecule has 1 aliphatic carbocycles. The summed E-state index contributed by atoms with van der Waals surface area (Å²) in [4.78, 5) is 25.6. The highest BCUT2D eigenvalue weighted by Gasteiger charge is 2.30. The molecule has 116 valence electrons. The van der Waals surface area contributed by atoms with E-state index in [0.29, 0.717) is 10.6 Å². The van der Waals surface area contributed by atoms with Crippen LogP contribution in [0.25, 0.3) is 0 Å². The van der Waals surface area contributed by atoms with Crippen LogP contribution in [-0.4, -0.2) is 31.6 Å². The molecule has 2 rings (SSSR count). The van der Waals surface area contributed by atoms with Gasteiger partial charge in [0.2, 0.25) is 5.91 Å². The van der Waals surface area contributed by atoms with E-state index in [1.165, 1.54) is 23.3 Å². The first-order valence-electron chi connectivity index (χ1n) is 7.14. The maximum atomic E-state index is 12.3. The second-order valence-corrected chi connectivity index (χ2v) is 6.84. The second kappa shape index (κ2) is 6.15. The highest BCUT2D eigenvalue weighted by molar-refractivity contribution is 7.17. The van der Waals surface area contributed by atoms with Gasteiger partial charge in [-0.05, 0) is 52.1 Å². The highest BCUT2D eigenvalue weighted by Crippen LogP contribution is 2.38. The summed E-state index contributed by atoms with van der Waals surface area (Å²) in [6, 6.07) is 0. The fourth-order valence-electron chi connectivity index (χ4n) is 2.34. The molecule has 21 heavy (non-hydrogen) atoms. The van der Waals surface area contributed by atoms with E-state index in [9.17, 15) is 9.59 Å². The van der Waals surface area contributed by atoms with Crippen molar-refractivity contribution in [2.45, 2.75) is 45.1 Å². The lowest BCUT2D eigenvalue weighted by Crippen LogP contribution is -2.47. The van der Waals surface area contributed by atoms with Crippen molar-refractivity contribution in [2.75, 3.05) is 19.5 Å². The van der Waals surface area contributed by atoms with Crippen LogP contribution in [0.15, 0.2) is 0 Å². The van der Waals surface area contributed by atoms with Gasteiger partial charge in [0.05, 0.1) is 18.2 Å². The Labute approximate surface area is 129 Å². The molecule has 1 aromatic heterocycles. The van der Waals surface area contributed by atoms with Gasteiger partial charge in [-0.25, -0.2) is 4.79 Å². The van der Waals surface area contributed by atoms with E-state index >= 15 is 0 Å². The zero-order valence-electron chi connectivity index (χ0n) is 13.0. The van der Waals surface area contributed by atoms with Crippen LogP contribution < -0.4 is 10.6 Å². The number of hydrogen-bond acceptors (Lipinski definition) is 5. The van der Waals surface area contributed by atoms with Crippen LogP contribution in [0.3, 0.4) is 0 Å². The smallest absolute Gasteiger partial charge is 0.341 e. The molecule has 0 fully saturated rings. The summed E-state index contributed by atoms with van der Waals surface area (Å²) >= 11 is 1.50. The Morgan fingerprint density at radius 1 is 1.24 bits per heavy atom. The van der Waals surface area contributed by atoms with E-state index in [-0.39, 0.29) is 11.9 Å². The molecule has 1 heterocycles. The maximum Gasteiger partial charge on any atom is 0.341 e. The number of hydrogen-bond donors (Lipinski definition) is 2. The average Bonchev–Trinajstić information content (AvgIpc) is 2.84. The Morgan fingerprint density at radius 2 is 1.90 bits per heavy atom. The molecule has 0 radical (unpaired) electrons. The van der Waals surface area contributed by atoms with Crippen LogP contribution in [0, 0.1) is 0 Å². The molecule has 0 aromatic carbocycles. The molecule has 6 heteroatoms.